The Kier molecular flexibility index (Phi) is 5.30. The summed E-state index contributed by atoms with van der Waals surface area (Å²) >= 11 is 0. The van der Waals surface area contributed by atoms with Crippen LogP contribution in [0.5, 0.6) is 0 Å². The van der Waals surface area contributed by atoms with Gasteiger partial charge in [0.2, 0.25) is 5.91 Å². The van der Waals surface area contributed by atoms with Gasteiger partial charge in [0.15, 0.2) is 0 Å². The Morgan fingerprint density at radius 2 is 1.92 bits per heavy atom. The Morgan fingerprint density at radius 1 is 1.27 bits per heavy atom. The van der Waals surface area contributed by atoms with Crippen molar-refractivity contribution in [2.45, 2.75) is 51.0 Å². The maximum absolute atomic E-state index is 12.8. The molecule has 1 saturated heterocycles. The van der Waals surface area contributed by atoms with Crippen molar-refractivity contribution in [3.05, 3.63) is 35.9 Å². The summed E-state index contributed by atoms with van der Waals surface area (Å²) < 4.78 is 0. The SMILES string of the molecule is CC1CCC2(CC1)NC(=O)N(CC(=O)NC[C@@H](C)c1ccccc1)C2=O. The van der Waals surface area contributed by atoms with Crippen molar-refractivity contribution in [2.24, 2.45) is 5.92 Å². The van der Waals surface area contributed by atoms with Gasteiger partial charge < -0.3 is 10.6 Å². The molecule has 1 aromatic rings. The van der Waals surface area contributed by atoms with Crippen LogP contribution in [0.4, 0.5) is 4.79 Å². The molecule has 1 aliphatic heterocycles. The summed E-state index contributed by atoms with van der Waals surface area (Å²) in [6, 6.07) is 9.46. The first-order chi connectivity index (χ1) is 12.4. The molecular formula is C20H27N3O3. The Balaban J connectivity index is 1.54. The minimum absolute atomic E-state index is 0.162. The Bertz CT molecular complexity index is 681. The Labute approximate surface area is 154 Å². The molecule has 6 heteroatoms. The molecule has 1 aliphatic carbocycles. The van der Waals surface area contributed by atoms with Crippen molar-refractivity contribution in [1.82, 2.24) is 15.5 Å². The molecule has 2 N–H and O–H groups in total. The topological polar surface area (TPSA) is 78.5 Å². The van der Waals surface area contributed by atoms with Crippen LogP contribution < -0.4 is 10.6 Å². The van der Waals surface area contributed by atoms with Gasteiger partial charge in [0, 0.05) is 6.54 Å². The molecule has 3 rings (SSSR count). The van der Waals surface area contributed by atoms with Gasteiger partial charge in [-0.15, -0.1) is 0 Å². The molecule has 26 heavy (non-hydrogen) atoms. The summed E-state index contributed by atoms with van der Waals surface area (Å²) in [5.41, 5.74) is 0.347. The van der Waals surface area contributed by atoms with E-state index in [4.69, 9.17) is 0 Å². The molecule has 1 saturated carbocycles. The predicted octanol–water partition coefficient (Wildman–Crippen LogP) is 2.41. The lowest BCUT2D eigenvalue weighted by Gasteiger charge is -2.33. The molecule has 0 bridgehead atoms. The second-order valence-electron chi connectivity index (χ2n) is 7.70. The van der Waals surface area contributed by atoms with E-state index in [2.05, 4.69) is 17.6 Å². The van der Waals surface area contributed by atoms with Crippen LogP contribution in [0, 0.1) is 5.92 Å². The number of carbonyl (C=O) groups is 3. The summed E-state index contributed by atoms with van der Waals surface area (Å²) in [6.07, 6.45) is 3.14. The lowest BCUT2D eigenvalue weighted by atomic mass is 9.77. The highest BCUT2D eigenvalue weighted by atomic mass is 16.2. The zero-order valence-corrected chi connectivity index (χ0v) is 15.5. The summed E-state index contributed by atoms with van der Waals surface area (Å²) in [4.78, 5) is 38.3. The van der Waals surface area contributed by atoms with E-state index < -0.39 is 11.6 Å². The van der Waals surface area contributed by atoms with E-state index in [1.807, 2.05) is 37.3 Å². The number of carbonyl (C=O) groups excluding carboxylic acids is 3. The van der Waals surface area contributed by atoms with Crippen LogP contribution in [0.1, 0.15) is 51.0 Å². The van der Waals surface area contributed by atoms with E-state index in [1.165, 1.54) is 0 Å². The fourth-order valence-corrected chi connectivity index (χ4v) is 3.78. The first kappa shape index (κ1) is 18.4. The van der Waals surface area contributed by atoms with E-state index in [0.29, 0.717) is 25.3 Å². The van der Waals surface area contributed by atoms with Crippen molar-refractivity contribution in [2.75, 3.05) is 13.1 Å². The van der Waals surface area contributed by atoms with Gasteiger partial charge in [-0.1, -0.05) is 44.2 Å². The third kappa shape index (κ3) is 3.74. The number of hydrogen-bond donors (Lipinski definition) is 2. The maximum atomic E-state index is 12.8. The van der Waals surface area contributed by atoms with Crippen molar-refractivity contribution in [3.8, 4) is 0 Å². The average Bonchev–Trinajstić information content (AvgIpc) is 2.87. The highest BCUT2D eigenvalue weighted by molar-refractivity contribution is 6.09. The lowest BCUT2D eigenvalue weighted by Crippen LogP contribution is -2.50. The number of hydrogen-bond acceptors (Lipinski definition) is 3. The largest absolute Gasteiger partial charge is 0.354 e. The van der Waals surface area contributed by atoms with E-state index in [9.17, 15) is 14.4 Å². The van der Waals surface area contributed by atoms with Gasteiger partial charge in [-0.25, -0.2) is 4.79 Å². The molecule has 4 amide bonds. The summed E-state index contributed by atoms with van der Waals surface area (Å²) in [7, 11) is 0. The number of urea groups is 1. The molecular weight excluding hydrogens is 330 g/mol. The quantitative estimate of drug-likeness (QED) is 0.795. The molecule has 2 fully saturated rings. The van der Waals surface area contributed by atoms with Gasteiger partial charge in [-0.3, -0.25) is 14.5 Å². The van der Waals surface area contributed by atoms with Crippen LogP contribution in [-0.2, 0) is 9.59 Å². The van der Waals surface area contributed by atoms with Crippen molar-refractivity contribution >= 4 is 17.8 Å². The van der Waals surface area contributed by atoms with Crippen LogP contribution in [0.15, 0.2) is 30.3 Å². The molecule has 6 nitrogen and oxygen atoms in total. The maximum Gasteiger partial charge on any atom is 0.325 e. The van der Waals surface area contributed by atoms with E-state index in [1.54, 1.807) is 0 Å². The fraction of sp³-hybridized carbons (Fsp3) is 0.550. The van der Waals surface area contributed by atoms with Crippen molar-refractivity contribution in [1.29, 1.82) is 0 Å². The Morgan fingerprint density at radius 3 is 2.58 bits per heavy atom. The number of imide groups is 1. The second kappa shape index (κ2) is 7.48. The van der Waals surface area contributed by atoms with Gasteiger partial charge in [0.25, 0.3) is 5.91 Å². The van der Waals surface area contributed by atoms with Gasteiger partial charge in [-0.2, -0.15) is 0 Å². The normalized spacial score (nSPS) is 26.7. The standard InChI is InChI=1S/C20H27N3O3/c1-14-8-10-20(11-9-14)18(25)23(19(26)22-20)13-17(24)21-12-15(2)16-6-4-3-5-7-16/h3-7,14-15H,8-13H2,1-2H3,(H,21,24)(H,22,26)/t14?,15-,20?/m1/s1. The predicted molar refractivity (Wildman–Crippen MR) is 98.5 cm³/mol. The molecule has 1 aromatic carbocycles. The molecule has 140 valence electrons. The highest BCUT2D eigenvalue weighted by Gasteiger charge is 2.52. The van der Waals surface area contributed by atoms with Gasteiger partial charge >= 0.3 is 6.03 Å². The van der Waals surface area contributed by atoms with Gasteiger partial charge in [0.1, 0.15) is 12.1 Å². The first-order valence-corrected chi connectivity index (χ1v) is 9.37. The summed E-state index contributed by atoms with van der Waals surface area (Å²) in [5, 5.41) is 5.68. The number of rotatable bonds is 5. The van der Waals surface area contributed by atoms with Crippen molar-refractivity contribution < 1.29 is 14.4 Å². The van der Waals surface area contributed by atoms with Crippen LogP contribution in [0.2, 0.25) is 0 Å². The van der Waals surface area contributed by atoms with Crippen LogP contribution >= 0.6 is 0 Å². The summed E-state index contributed by atoms with van der Waals surface area (Å²) in [6.45, 7) is 4.44. The second-order valence-corrected chi connectivity index (χ2v) is 7.70. The Hall–Kier alpha value is -2.37. The molecule has 0 radical (unpaired) electrons. The molecule has 0 aromatic heterocycles. The molecule has 1 heterocycles. The lowest BCUT2D eigenvalue weighted by molar-refractivity contribution is -0.136. The molecule has 1 spiro atoms. The van der Waals surface area contributed by atoms with E-state index >= 15 is 0 Å². The number of nitrogens with one attached hydrogen (secondary N) is 2. The van der Waals surface area contributed by atoms with E-state index in [0.717, 1.165) is 23.3 Å². The first-order valence-electron chi connectivity index (χ1n) is 9.37. The zero-order valence-electron chi connectivity index (χ0n) is 15.5. The van der Waals surface area contributed by atoms with Gasteiger partial charge in [-0.05, 0) is 43.1 Å². The minimum atomic E-state index is -0.790. The van der Waals surface area contributed by atoms with Crippen LogP contribution in [-0.4, -0.2) is 41.4 Å². The van der Waals surface area contributed by atoms with Crippen LogP contribution in [0.3, 0.4) is 0 Å². The minimum Gasteiger partial charge on any atom is -0.354 e. The molecule has 0 unspecified atom stereocenters. The number of amides is 4. The zero-order chi connectivity index (χ0) is 18.7. The van der Waals surface area contributed by atoms with Gasteiger partial charge in [0.05, 0.1) is 0 Å². The fourth-order valence-electron chi connectivity index (χ4n) is 3.78. The van der Waals surface area contributed by atoms with E-state index in [-0.39, 0.29) is 24.3 Å². The highest BCUT2D eigenvalue weighted by Crippen LogP contribution is 2.36. The van der Waals surface area contributed by atoms with Crippen molar-refractivity contribution in [3.63, 3.8) is 0 Å². The molecule has 1 atom stereocenters. The summed E-state index contributed by atoms with van der Waals surface area (Å²) in [5.74, 6) is 0.176. The number of nitrogens with zero attached hydrogens (tertiary/aromatic N) is 1. The third-order valence-electron chi connectivity index (χ3n) is 5.65. The smallest absolute Gasteiger partial charge is 0.325 e. The number of benzene rings is 1. The monoisotopic (exact) mass is 357 g/mol. The third-order valence-corrected chi connectivity index (χ3v) is 5.65. The van der Waals surface area contributed by atoms with Crippen LogP contribution in [0.25, 0.3) is 0 Å². The average molecular weight is 357 g/mol. The molecule has 2 aliphatic rings.